The van der Waals surface area contributed by atoms with Crippen molar-refractivity contribution in [3.8, 4) is 0 Å². The molecule has 4 nitrogen and oxygen atoms in total. The highest BCUT2D eigenvalue weighted by molar-refractivity contribution is 7.99. The molecule has 3 rings (SSSR count). The summed E-state index contributed by atoms with van der Waals surface area (Å²) in [6.45, 7) is 1.03. The van der Waals surface area contributed by atoms with Gasteiger partial charge in [0.15, 0.2) is 0 Å². The van der Waals surface area contributed by atoms with Crippen LogP contribution in [0.4, 0.5) is 0 Å². The van der Waals surface area contributed by atoms with E-state index in [1.54, 1.807) is 22.4 Å². The number of rotatable bonds is 2. The van der Waals surface area contributed by atoms with Gasteiger partial charge in [-0.05, 0) is 5.56 Å². The second-order valence-corrected chi connectivity index (χ2v) is 5.29. The number of thioether (sulfide) groups is 1. The Morgan fingerprint density at radius 2 is 1.94 bits per heavy atom. The summed E-state index contributed by atoms with van der Waals surface area (Å²) in [4.78, 5) is 24.1. The molecule has 0 spiro atoms. The molecule has 1 aromatic carbocycles. The Kier molecular flexibility index (Phi) is 2.83. The average molecular weight is 260 g/mol. The minimum atomic E-state index is -0.218. The molecule has 0 radical (unpaired) electrons. The van der Waals surface area contributed by atoms with Crippen LogP contribution in [0.3, 0.4) is 0 Å². The molecule has 1 aromatic heterocycles. The lowest BCUT2D eigenvalue weighted by atomic mass is 10.2. The highest BCUT2D eigenvalue weighted by Gasteiger charge is 2.16. The molecule has 0 aliphatic carbocycles. The zero-order valence-electron chi connectivity index (χ0n) is 9.70. The van der Waals surface area contributed by atoms with Crippen LogP contribution in [0.15, 0.2) is 51.0 Å². The molecule has 18 heavy (non-hydrogen) atoms. The van der Waals surface area contributed by atoms with Gasteiger partial charge in [-0.25, -0.2) is 4.79 Å². The van der Waals surface area contributed by atoms with Crippen LogP contribution in [-0.4, -0.2) is 14.9 Å². The molecule has 1 aliphatic heterocycles. The zero-order valence-corrected chi connectivity index (χ0v) is 10.5. The van der Waals surface area contributed by atoms with Crippen molar-refractivity contribution in [2.45, 2.75) is 18.1 Å². The van der Waals surface area contributed by atoms with Gasteiger partial charge in [-0.1, -0.05) is 30.3 Å². The summed E-state index contributed by atoms with van der Waals surface area (Å²) in [5.41, 5.74) is 0.541. The Bertz CT molecular complexity index is 688. The topological polar surface area (TPSA) is 44.0 Å². The van der Waals surface area contributed by atoms with E-state index in [1.165, 1.54) is 4.57 Å². The summed E-state index contributed by atoms with van der Waals surface area (Å²) in [6.07, 6.45) is 0. The maximum absolute atomic E-state index is 12.2. The van der Waals surface area contributed by atoms with Crippen LogP contribution in [-0.2, 0) is 13.1 Å². The fourth-order valence-electron chi connectivity index (χ4n) is 2.07. The number of aromatic nitrogens is 2. The van der Waals surface area contributed by atoms with Crippen molar-refractivity contribution < 1.29 is 0 Å². The zero-order chi connectivity index (χ0) is 12.5. The highest BCUT2D eigenvalue weighted by Crippen LogP contribution is 2.21. The molecule has 92 valence electrons. The molecular weight excluding hydrogens is 248 g/mol. The first-order chi connectivity index (χ1) is 8.75. The van der Waals surface area contributed by atoms with E-state index < -0.39 is 0 Å². The number of benzene rings is 1. The number of fused-ring (bicyclic) bond motifs is 1. The summed E-state index contributed by atoms with van der Waals surface area (Å²) in [5.74, 6) is 0.865. The SMILES string of the molecule is O=c1cc2n(c(=O)n1Cc1ccccc1)CCS2. The number of hydrogen-bond donors (Lipinski definition) is 0. The Balaban J connectivity index is 2.08. The molecule has 0 unspecified atom stereocenters. The van der Waals surface area contributed by atoms with Crippen LogP contribution < -0.4 is 11.2 Å². The van der Waals surface area contributed by atoms with E-state index in [4.69, 9.17) is 0 Å². The van der Waals surface area contributed by atoms with Crippen LogP contribution in [0.1, 0.15) is 5.56 Å². The van der Waals surface area contributed by atoms with Crippen molar-refractivity contribution in [2.75, 3.05) is 5.75 Å². The molecule has 0 fully saturated rings. The van der Waals surface area contributed by atoms with Gasteiger partial charge in [0.1, 0.15) is 0 Å². The molecular formula is C13H12N2O2S. The molecule has 2 heterocycles. The molecule has 0 N–H and O–H groups in total. The van der Waals surface area contributed by atoms with Gasteiger partial charge in [0.2, 0.25) is 0 Å². The fourth-order valence-corrected chi connectivity index (χ4v) is 3.07. The van der Waals surface area contributed by atoms with Gasteiger partial charge in [0.25, 0.3) is 5.56 Å². The van der Waals surface area contributed by atoms with E-state index in [0.29, 0.717) is 13.1 Å². The molecule has 0 atom stereocenters. The third kappa shape index (κ3) is 1.90. The predicted molar refractivity (Wildman–Crippen MR) is 71.2 cm³/mol. The summed E-state index contributed by atoms with van der Waals surface area (Å²) >= 11 is 1.56. The molecule has 5 heteroatoms. The normalized spacial score (nSPS) is 13.6. The van der Waals surface area contributed by atoms with E-state index in [0.717, 1.165) is 16.3 Å². The number of hydrogen-bond acceptors (Lipinski definition) is 3. The molecule has 0 saturated heterocycles. The first kappa shape index (κ1) is 11.3. The third-order valence-electron chi connectivity index (χ3n) is 2.99. The van der Waals surface area contributed by atoms with E-state index in [2.05, 4.69) is 0 Å². The van der Waals surface area contributed by atoms with Crippen LogP contribution in [0.5, 0.6) is 0 Å². The third-order valence-corrected chi connectivity index (χ3v) is 4.01. The van der Waals surface area contributed by atoms with Crippen molar-refractivity contribution in [3.05, 3.63) is 62.8 Å². The second-order valence-electron chi connectivity index (χ2n) is 4.18. The lowest BCUT2D eigenvalue weighted by Gasteiger charge is -2.08. The second kappa shape index (κ2) is 4.49. The van der Waals surface area contributed by atoms with Crippen LogP contribution >= 0.6 is 11.8 Å². The lowest BCUT2D eigenvalue weighted by Crippen LogP contribution is -2.39. The van der Waals surface area contributed by atoms with Gasteiger partial charge in [-0.3, -0.25) is 13.9 Å². The van der Waals surface area contributed by atoms with Gasteiger partial charge in [-0.15, -0.1) is 11.8 Å². The molecule has 0 saturated carbocycles. The molecule has 2 aromatic rings. The summed E-state index contributed by atoms with van der Waals surface area (Å²) in [5, 5.41) is 0.786. The van der Waals surface area contributed by atoms with Crippen molar-refractivity contribution in [1.82, 2.24) is 9.13 Å². The smallest absolute Gasteiger partial charge is 0.287 e. The Morgan fingerprint density at radius 3 is 2.72 bits per heavy atom. The van der Waals surface area contributed by atoms with Crippen LogP contribution in [0.25, 0.3) is 0 Å². The summed E-state index contributed by atoms with van der Waals surface area (Å²) in [6, 6.07) is 11.1. The average Bonchev–Trinajstić information content (AvgIpc) is 2.84. The molecule has 0 bridgehead atoms. The standard InChI is InChI=1S/C13H12N2O2S/c16-11-8-12-14(6-7-18-12)13(17)15(11)9-10-4-2-1-3-5-10/h1-5,8H,6-7,9H2. The quantitative estimate of drug-likeness (QED) is 0.761. The van der Waals surface area contributed by atoms with Gasteiger partial charge in [0.05, 0.1) is 11.6 Å². The maximum Gasteiger partial charge on any atom is 0.332 e. The van der Waals surface area contributed by atoms with Gasteiger partial charge in [0, 0.05) is 18.4 Å². The number of nitrogens with zero attached hydrogens (tertiary/aromatic N) is 2. The monoisotopic (exact) mass is 260 g/mol. The van der Waals surface area contributed by atoms with Gasteiger partial charge < -0.3 is 0 Å². The maximum atomic E-state index is 12.2. The first-order valence-corrected chi connectivity index (χ1v) is 6.76. The van der Waals surface area contributed by atoms with E-state index >= 15 is 0 Å². The van der Waals surface area contributed by atoms with Crippen molar-refractivity contribution in [1.29, 1.82) is 0 Å². The largest absolute Gasteiger partial charge is 0.332 e. The minimum Gasteiger partial charge on any atom is -0.287 e. The van der Waals surface area contributed by atoms with Crippen molar-refractivity contribution in [2.24, 2.45) is 0 Å². The Labute approximate surface area is 108 Å². The first-order valence-electron chi connectivity index (χ1n) is 5.77. The Hall–Kier alpha value is -1.75. The van der Waals surface area contributed by atoms with Crippen molar-refractivity contribution in [3.63, 3.8) is 0 Å². The fraction of sp³-hybridized carbons (Fsp3) is 0.231. The Morgan fingerprint density at radius 1 is 1.17 bits per heavy atom. The molecule has 0 amide bonds. The van der Waals surface area contributed by atoms with Crippen LogP contribution in [0.2, 0.25) is 0 Å². The van der Waals surface area contributed by atoms with Gasteiger partial charge >= 0.3 is 5.69 Å². The highest BCUT2D eigenvalue weighted by atomic mass is 32.2. The van der Waals surface area contributed by atoms with E-state index in [-0.39, 0.29) is 11.2 Å². The predicted octanol–water partition coefficient (Wildman–Crippen LogP) is 1.16. The van der Waals surface area contributed by atoms with E-state index in [9.17, 15) is 9.59 Å². The van der Waals surface area contributed by atoms with Gasteiger partial charge in [-0.2, -0.15) is 0 Å². The van der Waals surface area contributed by atoms with Crippen LogP contribution in [0, 0.1) is 0 Å². The van der Waals surface area contributed by atoms with E-state index in [1.807, 2.05) is 30.3 Å². The lowest BCUT2D eigenvalue weighted by molar-refractivity contribution is 0.575. The van der Waals surface area contributed by atoms with Crippen molar-refractivity contribution >= 4 is 11.8 Å². The summed E-state index contributed by atoms with van der Waals surface area (Å²) in [7, 11) is 0. The minimum absolute atomic E-state index is 0.202. The summed E-state index contributed by atoms with van der Waals surface area (Å²) < 4.78 is 2.97. The molecule has 1 aliphatic rings.